The minimum atomic E-state index is -0.600. The molecule has 3 heterocycles. The molecule has 2 saturated heterocycles. The van der Waals surface area contributed by atoms with E-state index in [0.29, 0.717) is 31.2 Å². The maximum absolute atomic E-state index is 12.8. The molecule has 30 heavy (non-hydrogen) atoms. The first-order valence-electron chi connectivity index (χ1n) is 11.2. The molecule has 2 N–H and O–H groups in total. The van der Waals surface area contributed by atoms with Gasteiger partial charge in [-0.05, 0) is 51.8 Å². The number of piperidine rings is 1. The molecule has 2 aromatic rings. The number of benzene rings is 1. The SMILES string of the molecule is CC(C)n1cc2cccc(C(=O)NCC3CCN(CC4(O)CCOCC4)CC3)c2n1. The highest BCUT2D eigenvalue weighted by Gasteiger charge is 2.33. The minimum Gasteiger partial charge on any atom is -0.388 e. The highest BCUT2D eigenvalue weighted by atomic mass is 16.5. The molecule has 0 aliphatic carbocycles. The average molecular weight is 415 g/mol. The van der Waals surface area contributed by atoms with Crippen LogP contribution in [0.4, 0.5) is 0 Å². The molecule has 2 fully saturated rings. The molecule has 1 aromatic carbocycles. The van der Waals surface area contributed by atoms with E-state index in [1.165, 1.54) is 0 Å². The number of carbonyl (C=O) groups excluding carboxylic acids is 1. The summed E-state index contributed by atoms with van der Waals surface area (Å²) in [6.45, 7) is 8.83. The molecule has 7 heteroatoms. The van der Waals surface area contributed by atoms with Crippen molar-refractivity contribution < 1.29 is 14.6 Å². The number of aromatic nitrogens is 2. The number of fused-ring (bicyclic) bond motifs is 1. The number of β-amino-alcohol motifs (C(OH)–C–C–N with tert-alkyl or cyclic N) is 1. The van der Waals surface area contributed by atoms with Gasteiger partial charge < -0.3 is 20.1 Å². The number of likely N-dealkylation sites (tertiary alicyclic amines) is 1. The van der Waals surface area contributed by atoms with Crippen LogP contribution in [0.2, 0.25) is 0 Å². The standard InChI is InChI=1S/C23H34N4O3/c1-17(2)27-15-19-4-3-5-20(21(19)25-27)22(28)24-14-18-6-10-26(11-7-18)16-23(29)8-12-30-13-9-23/h3-5,15,17-18,29H,6-14,16H2,1-2H3,(H,24,28). The van der Waals surface area contributed by atoms with Crippen molar-refractivity contribution in [2.45, 2.75) is 51.2 Å². The fourth-order valence-corrected chi connectivity index (χ4v) is 4.52. The van der Waals surface area contributed by atoms with Crippen LogP contribution in [-0.2, 0) is 4.74 Å². The molecule has 2 aliphatic rings. The van der Waals surface area contributed by atoms with Gasteiger partial charge in [0.2, 0.25) is 0 Å². The van der Waals surface area contributed by atoms with Gasteiger partial charge in [-0.15, -0.1) is 0 Å². The van der Waals surface area contributed by atoms with E-state index in [1.807, 2.05) is 29.1 Å². The summed E-state index contributed by atoms with van der Waals surface area (Å²) < 4.78 is 7.28. The van der Waals surface area contributed by atoms with E-state index in [4.69, 9.17) is 4.74 Å². The Balaban J connectivity index is 1.28. The zero-order valence-corrected chi connectivity index (χ0v) is 18.1. The van der Waals surface area contributed by atoms with E-state index < -0.39 is 5.60 Å². The molecule has 1 aromatic heterocycles. The van der Waals surface area contributed by atoms with Crippen LogP contribution >= 0.6 is 0 Å². The van der Waals surface area contributed by atoms with E-state index in [0.717, 1.165) is 56.2 Å². The van der Waals surface area contributed by atoms with Gasteiger partial charge >= 0.3 is 0 Å². The summed E-state index contributed by atoms with van der Waals surface area (Å²) in [4.78, 5) is 15.2. The van der Waals surface area contributed by atoms with E-state index in [9.17, 15) is 9.90 Å². The third kappa shape index (κ3) is 4.85. The zero-order valence-electron chi connectivity index (χ0n) is 18.1. The molecule has 0 radical (unpaired) electrons. The second-order valence-electron chi connectivity index (χ2n) is 9.21. The van der Waals surface area contributed by atoms with Crippen molar-refractivity contribution in [2.24, 2.45) is 5.92 Å². The van der Waals surface area contributed by atoms with Gasteiger partial charge in [-0.1, -0.05) is 12.1 Å². The molecule has 0 atom stereocenters. The first-order valence-corrected chi connectivity index (χ1v) is 11.2. The predicted octanol–water partition coefficient (Wildman–Crippen LogP) is 2.60. The topological polar surface area (TPSA) is 79.6 Å². The van der Waals surface area contributed by atoms with E-state index in [2.05, 4.69) is 29.2 Å². The second-order valence-corrected chi connectivity index (χ2v) is 9.21. The molecule has 0 unspecified atom stereocenters. The maximum atomic E-state index is 12.8. The molecular weight excluding hydrogens is 380 g/mol. The molecule has 0 saturated carbocycles. The third-order valence-corrected chi connectivity index (χ3v) is 6.53. The Bertz CT molecular complexity index is 864. The predicted molar refractivity (Wildman–Crippen MR) is 117 cm³/mol. The Labute approximate surface area is 178 Å². The minimum absolute atomic E-state index is 0.0476. The highest BCUT2D eigenvalue weighted by Crippen LogP contribution is 2.25. The van der Waals surface area contributed by atoms with Crippen LogP contribution in [0.3, 0.4) is 0 Å². The Kier molecular flexibility index (Phi) is 6.41. The third-order valence-electron chi connectivity index (χ3n) is 6.53. The molecule has 7 nitrogen and oxygen atoms in total. The van der Waals surface area contributed by atoms with Gasteiger partial charge in [0.15, 0.2) is 0 Å². The Morgan fingerprint density at radius 3 is 2.73 bits per heavy atom. The largest absolute Gasteiger partial charge is 0.388 e. The summed E-state index contributed by atoms with van der Waals surface area (Å²) in [7, 11) is 0. The van der Waals surface area contributed by atoms with Crippen molar-refractivity contribution in [2.75, 3.05) is 39.4 Å². The quantitative estimate of drug-likeness (QED) is 0.760. The number of nitrogens with one attached hydrogen (secondary N) is 1. The van der Waals surface area contributed by atoms with E-state index in [1.54, 1.807) is 0 Å². The first kappa shape index (κ1) is 21.3. The molecule has 0 spiro atoms. The summed E-state index contributed by atoms with van der Waals surface area (Å²) in [6.07, 6.45) is 5.53. The van der Waals surface area contributed by atoms with E-state index >= 15 is 0 Å². The summed E-state index contributed by atoms with van der Waals surface area (Å²) in [5, 5.41) is 19.5. The zero-order chi connectivity index (χ0) is 21.1. The lowest BCUT2D eigenvalue weighted by Gasteiger charge is -2.39. The maximum Gasteiger partial charge on any atom is 0.253 e. The van der Waals surface area contributed by atoms with Crippen LogP contribution in [0.15, 0.2) is 24.4 Å². The summed E-state index contributed by atoms with van der Waals surface area (Å²) in [6, 6.07) is 6.04. The number of hydrogen-bond donors (Lipinski definition) is 2. The van der Waals surface area contributed by atoms with Crippen molar-refractivity contribution in [1.29, 1.82) is 0 Å². The van der Waals surface area contributed by atoms with Crippen molar-refractivity contribution >= 4 is 16.8 Å². The van der Waals surface area contributed by atoms with Crippen LogP contribution in [0.5, 0.6) is 0 Å². The Morgan fingerprint density at radius 2 is 2.03 bits per heavy atom. The van der Waals surface area contributed by atoms with Crippen molar-refractivity contribution in [3.8, 4) is 0 Å². The summed E-state index contributed by atoms with van der Waals surface area (Å²) in [5.41, 5.74) is 0.812. The lowest BCUT2D eigenvalue weighted by atomic mass is 9.91. The van der Waals surface area contributed by atoms with Gasteiger partial charge in [-0.3, -0.25) is 9.48 Å². The van der Waals surface area contributed by atoms with Gasteiger partial charge in [0.1, 0.15) is 5.52 Å². The molecule has 2 aliphatic heterocycles. The number of amides is 1. The number of aliphatic hydroxyl groups is 1. The van der Waals surface area contributed by atoms with Gasteiger partial charge in [0.05, 0.1) is 11.2 Å². The molecule has 1 amide bonds. The fraction of sp³-hybridized carbons (Fsp3) is 0.652. The normalized spacial score (nSPS) is 20.7. The number of ether oxygens (including phenoxy) is 1. The summed E-state index contributed by atoms with van der Waals surface area (Å²) >= 11 is 0. The summed E-state index contributed by atoms with van der Waals surface area (Å²) in [5.74, 6) is 0.426. The fourth-order valence-electron chi connectivity index (χ4n) is 4.52. The van der Waals surface area contributed by atoms with Crippen LogP contribution < -0.4 is 5.32 Å². The number of hydrogen-bond acceptors (Lipinski definition) is 5. The average Bonchev–Trinajstić information content (AvgIpc) is 3.18. The molecule has 4 rings (SSSR count). The van der Waals surface area contributed by atoms with Gasteiger partial charge in [0, 0.05) is 56.8 Å². The van der Waals surface area contributed by atoms with Crippen LogP contribution in [0, 0.1) is 5.92 Å². The molecular formula is C23H34N4O3. The Morgan fingerprint density at radius 1 is 1.30 bits per heavy atom. The molecule has 164 valence electrons. The lowest BCUT2D eigenvalue weighted by molar-refractivity contribution is -0.0829. The van der Waals surface area contributed by atoms with Gasteiger partial charge in [-0.2, -0.15) is 5.10 Å². The van der Waals surface area contributed by atoms with Gasteiger partial charge in [-0.25, -0.2) is 0 Å². The monoisotopic (exact) mass is 414 g/mol. The molecule has 0 bridgehead atoms. The number of carbonyl (C=O) groups is 1. The van der Waals surface area contributed by atoms with Crippen molar-refractivity contribution in [3.05, 3.63) is 30.0 Å². The number of rotatable bonds is 6. The van der Waals surface area contributed by atoms with Crippen molar-refractivity contribution in [3.63, 3.8) is 0 Å². The van der Waals surface area contributed by atoms with Crippen molar-refractivity contribution in [1.82, 2.24) is 20.0 Å². The van der Waals surface area contributed by atoms with Gasteiger partial charge in [0.25, 0.3) is 5.91 Å². The second kappa shape index (κ2) is 9.04. The Hall–Kier alpha value is -1.96. The van der Waals surface area contributed by atoms with Crippen LogP contribution in [0.25, 0.3) is 10.9 Å². The van der Waals surface area contributed by atoms with Crippen LogP contribution in [-0.4, -0.2) is 70.7 Å². The number of nitrogens with zero attached hydrogens (tertiary/aromatic N) is 3. The first-order chi connectivity index (χ1) is 14.4. The lowest BCUT2D eigenvalue weighted by Crippen LogP contribution is -2.49. The highest BCUT2D eigenvalue weighted by molar-refractivity contribution is 6.05. The van der Waals surface area contributed by atoms with E-state index in [-0.39, 0.29) is 11.9 Å². The van der Waals surface area contributed by atoms with Crippen LogP contribution in [0.1, 0.15) is 55.9 Å². The smallest absolute Gasteiger partial charge is 0.253 e.